The summed E-state index contributed by atoms with van der Waals surface area (Å²) in [7, 11) is 1.60. The van der Waals surface area contributed by atoms with Crippen LogP contribution in [-0.2, 0) is 15.9 Å². The van der Waals surface area contributed by atoms with Gasteiger partial charge in [0.1, 0.15) is 5.75 Å². The van der Waals surface area contributed by atoms with Gasteiger partial charge in [-0.1, -0.05) is 0 Å². The van der Waals surface area contributed by atoms with Crippen molar-refractivity contribution in [2.24, 2.45) is 0 Å². The van der Waals surface area contributed by atoms with Crippen LogP contribution in [0.2, 0.25) is 0 Å². The standard InChI is InChI=1S/C7H7O2S/c1-9-6-2-4-7(10-8)5-3-6/h2-5H,1H3/q+1. The summed E-state index contributed by atoms with van der Waals surface area (Å²) in [5, 5.41) is 0. The summed E-state index contributed by atoms with van der Waals surface area (Å²) in [6.45, 7) is 0. The molecule has 0 amide bonds. The zero-order valence-corrected chi connectivity index (χ0v) is 6.35. The van der Waals surface area contributed by atoms with E-state index in [0.29, 0.717) is 16.6 Å². The fraction of sp³-hybridized carbons (Fsp3) is 0.143. The Morgan fingerprint density at radius 3 is 2.30 bits per heavy atom. The van der Waals surface area contributed by atoms with Crippen LogP contribution >= 0.6 is 0 Å². The van der Waals surface area contributed by atoms with E-state index in [4.69, 9.17) is 4.74 Å². The predicted octanol–water partition coefficient (Wildman–Crippen LogP) is 1.48. The largest absolute Gasteiger partial charge is 0.505 e. The molecule has 0 aliphatic heterocycles. The number of methoxy groups -OCH3 is 1. The van der Waals surface area contributed by atoms with Gasteiger partial charge in [0, 0.05) is 16.3 Å². The van der Waals surface area contributed by atoms with Crippen molar-refractivity contribution in [3.05, 3.63) is 24.3 Å². The summed E-state index contributed by atoms with van der Waals surface area (Å²) in [6.07, 6.45) is 0. The summed E-state index contributed by atoms with van der Waals surface area (Å²) in [5.74, 6) is 0.776. The molecule has 0 bridgehead atoms. The summed E-state index contributed by atoms with van der Waals surface area (Å²) in [5.41, 5.74) is 0. The number of hydrogen-bond donors (Lipinski definition) is 0. The zero-order chi connectivity index (χ0) is 7.40. The molecular weight excluding hydrogens is 148 g/mol. The van der Waals surface area contributed by atoms with Crippen molar-refractivity contribution in [1.29, 1.82) is 0 Å². The lowest BCUT2D eigenvalue weighted by Gasteiger charge is -1.93. The third kappa shape index (κ3) is 1.51. The molecule has 0 saturated heterocycles. The maximum Gasteiger partial charge on any atom is 0.505 e. The minimum Gasteiger partial charge on any atom is -0.497 e. The van der Waals surface area contributed by atoms with Crippen molar-refractivity contribution in [1.82, 2.24) is 0 Å². The predicted molar refractivity (Wildman–Crippen MR) is 39.3 cm³/mol. The molecule has 2 nitrogen and oxygen atoms in total. The highest BCUT2D eigenvalue weighted by atomic mass is 32.1. The van der Waals surface area contributed by atoms with Gasteiger partial charge in [-0.15, -0.1) is 0 Å². The topological polar surface area (TPSA) is 26.3 Å². The molecule has 52 valence electrons. The first-order valence-corrected chi connectivity index (χ1v) is 3.55. The van der Waals surface area contributed by atoms with E-state index in [9.17, 15) is 4.21 Å². The van der Waals surface area contributed by atoms with Gasteiger partial charge >= 0.3 is 11.7 Å². The first-order valence-electron chi connectivity index (χ1n) is 2.80. The van der Waals surface area contributed by atoms with Gasteiger partial charge in [-0.05, 0) is 12.1 Å². The lowest BCUT2D eigenvalue weighted by atomic mass is 10.3. The Morgan fingerprint density at radius 2 is 1.90 bits per heavy atom. The molecule has 0 spiro atoms. The summed E-state index contributed by atoms with van der Waals surface area (Å²) >= 11 is 0.482. The molecule has 1 aromatic carbocycles. The summed E-state index contributed by atoms with van der Waals surface area (Å²) < 4.78 is 15.1. The SMILES string of the molecule is COc1ccc([S+]=O)cc1. The molecule has 0 aromatic heterocycles. The molecule has 0 unspecified atom stereocenters. The highest BCUT2D eigenvalue weighted by molar-refractivity contribution is 7.65. The first-order chi connectivity index (χ1) is 4.86. The third-order valence-electron chi connectivity index (χ3n) is 1.16. The molecule has 10 heavy (non-hydrogen) atoms. The Bertz CT molecular complexity index is 218. The quantitative estimate of drug-likeness (QED) is 0.605. The van der Waals surface area contributed by atoms with E-state index in [2.05, 4.69) is 0 Å². The third-order valence-corrected chi connectivity index (χ3v) is 1.62. The highest BCUT2D eigenvalue weighted by Gasteiger charge is 2.03. The van der Waals surface area contributed by atoms with Crippen molar-refractivity contribution in [2.75, 3.05) is 7.11 Å². The van der Waals surface area contributed by atoms with E-state index in [1.165, 1.54) is 0 Å². The molecule has 0 aliphatic carbocycles. The van der Waals surface area contributed by atoms with Crippen molar-refractivity contribution < 1.29 is 8.95 Å². The number of rotatable bonds is 2. The normalized spacial score (nSPS) is 8.90. The second-order valence-corrected chi connectivity index (χ2v) is 2.40. The smallest absolute Gasteiger partial charge is 0.497 e. The van der Waals surface area contributed by atoms with Crippen molar-refractivity contribution in [3.63, 3.8) is 0 Å². The van der Waals surface area contributed by atoms with Crippen molar-refractivity contribution in [2.45, 2.75) is 4.90 Å². The van der Waals surface area contributed by atoms with Gasteiger partial charge in [0.2, 0.25) is 0 Å². The summed E-state index contributed by atoms with van der Waals surface area (Å²) in [4.78, 5) is 0.709. The molecule has 0 N–H and O–H groups in total. The van der Waals surface area contributed by atoms with E-state index in [0.717, 1.165) is 5.75 Å². The molecule has 0 saturated carbocycles. The maximum atomic E-state index is 10.2. The second kappa shape index (κ2) is 3.27. The van der Waals surface area contributed by atoms with Crippen LogP contribution in [0.3, 0.4) is 0 Å². The van der Waals surface area contributed by atoms with Gasteiger partial charge in [0.05, 0.1) is 7.11 Å². The molecule has 0 fully saturated rings. The molecule has 0 aliphatic rings. The zero-order valence-electron chi connectivity index (χ0n) is 5.53. The van der Waals surface area contributed by atoms with Crippen LogP contribution in [0.25, 0.3) is 0 Å². The Morgan fingerprint density at radius 1 is 1.30 bits per heavy atom. The van der Waals surface area contributed by atoms with Crippen LogP contribution in [0.1, 0.15) is 0 Å². The van der Waals surface area contributed by atoms with Crippen LogP contribution < -0.4 is 4.74 Å². The van der Waals surface area contributed by atoms with E-state index in [1.807, 2.05) is 0 Å². The van der Waals surface area contributed by atoms with Gasteiger partial charge in [-0.3, -0.25) is 0 Å². The summed E-state index contributed by atoms with van der Waals surface area (Å²) in [6, 6.07) is 6.99. The number of hydrogen-bond acceptors (Lipinski definition) is 2. The Labute approximate surface area is 63.3 Å². The second-order valence-electron chi connectivity index (χ2n) is 1.76. The molecule has 0 heterocycles. The van der Waals surface area contributed by atoms with Crippen molar-refractivity contribution >= 4 is 11.7 Å². The fourth-order valence-corrected chi connectivity index (χ4v) is 0.878. The minimum absolute atomic E-state index is 0.482. The Hall–Kier alpha value is -0.960. The molecule has 0 atom stereocenters. The van der Waals surface area contributed by atoms with Gasteiger partial charge in [-0.25, -0.2) is 0 Å². The van der Waals surface area contributed by atoms with Crippen LogP contribution in [0, 0.1) is 0 Å². The molecule has 1 rings (SSSR count). The average Bonchev–Trinajstić information content (AvgIpc) is 2.05. The molecular formula is C7H7O2S+. The van der Waals surface area contributed by atoms with Gasteiger partial charge in [0.25, 0.3) is 4.90 Å². The van der Waals surface area contributed by atoms with E-state index >= 15 is 0 Å². The van der Waals surface area contributed by atoms with Crippen molar-refractivity contribution in [3.8, 4) is 5.75 Å². The van der Waals surface area contributed by atoms with E-state index in [-0.39, 0.29) is 0 Å². The maximum absolute atomic E-state index is 10.2. The van der Waals surface area contributed by atoms with E-state index in [1.54, 1.807) is 31.4 Å². The van der Waals surface area contributed by atoms with Gasteiger partial charge in [0.15, 0.2) is 0 Å². The van der Waals surface area contributed by atoms with E-state index < -0.39 is 0 Å². The van der Waals surface area contributed by atoms with Crippen LogP contribution in [0.5, 0.6) is 5.75 Å². The van der Waals surface area contributed by atoms with Gasteiger partial charge < -0.3 is 4.74 Å². The Kier molecular flexibility index (Phi) is 2.34. The fourth-order valence-electron chi connectivity index (χ4n) is 0.631. The molecule has 0 radical (unpaired) electrons. The lowest BCUT2D eigenvalue weighted by Crippen LogP contribution is -1.81. The number of benzene rings is 1. The molecule has 1 aromatic rings. The average molecular weight is 155 g/mol. The first kappa shape index (κ1) is 7.15. The lowest BCUT2D eigenvalue weighted by molar-refractivity contribution is 0.414. The van der Waals surface area contributed by atoms with Crippen LogP contribution in [-0.4, -0.2) is 7.11 Å². The Balaban J connectivity index is 2.90. The minimum atomic E-state index is 0.482. The van der Waals surface area contributed by atoms with Crippen LogP contribution in [0.4, 0.5) is 0 Å². The number of ether oxygens (including phenoxy) is 1. The highest BCUT2D eigenvalue weighted by Crippen LogP contribution is 2.10. The monoisotopic (exact) mass is 155 g/mol. The van der Waals surface area contributed by atoms with Gasteiger partial charge in [-0.2, -0.15) is 0 Å². The van der Waals surface area contributed by atoms with Crippen LogP contribution in [0.15, 0.2) is 29.2 Å². The molecule has 3 heteroatoms.